The van der Waals surface area contributed by atoms with Gasteiger partial charge in [-0.05, 0) is 35.4 Å². The summed E-state index contributed by atoms with van der Waals surface area (Å²) in [4.78, 5) is 10.5. The predicted octanol–water partition coefficient (Wildman–Crippen LogP) is 4.22. The topological polar surface area (TPSA) is 66.8 Å². The van der Waals surface area contributed by atoms with Crippen molar-refractivity contribution in [1.29, 1.82) is 0 Å². The summed E-state index contributed by atoms with van der Waals surface area (Å²) in [6.45, 7) is 0.0881. The molecule has 7 heteroatoms. The molecule has 2 rings (SSSR count). The molecular weight excluding hydrogens is 346 g/mol. The van der Waals surface area contributed by atoms with Gasteiger partial charge >= 0.3 is 5.97 Å². The van der Waals surface area contributed by atoms with Gasteiger partial charge in [-0.15, -0.1) is 0 Å². The summed E-state index contributed by atoms with van der Waals surface area (Å²) in [5.74, 6) is -1.87. The zero-order valence-corrected chi connectivity index (χ0v) is 13.3. The number of ether oxygens (including phenoxy) is 1. The maximum atomic E-state index is 14.0. The lowest BCUT2D eigenvalue weighted by atomic mass is 10.1. The van der Waals surface area contributed by atoms with Crippen molar-refractivity contribution in [2.24, 2.45) is 0 Å². The Morgan fingerprint density at radius 3 is 2.52 bits per heavy atom. The van der Waals surface area contributed by atoms with Crippen molar-refractivity contribution in [3.63, 3.8) is 0 Å². The number of hydrogen-bond donors (Lipinski definition) is 2. The smallest absolute Gasteiger partial charge is 0.306 e. The molecule has 2 N–H and O–H groups in total. The fourth-order valence-corrected chi connectivity index (χ4v) is 2.24. The van der Waals surface area contributed by atoms with Crippen LogP contribution in [0, 0.1) is 5.82 Å². The molecule has 1 unspecified atom stereocenters. The van der Waals surface area contributed by atoms with Crippen LogP contribution < -0.4 is 4.74 Å². The zero-order chi connectivity index (χ0) is 17.0. The third kappa shape index (κ3) is 4.82. The SMILES string of the molecule is O=C(O)CC(O)c1ccc(OCc2ccc(Cl)c(Cl)c2)c(F)c1. The standard InChI is InChI=1S/C16H13Cl2FO4/c17-11-3-1-9(5-12(11)18)8-23-15-4-2-10(6-13(15)19)14(20)7-16(21)22/h1-6,14,20H,7-8H2,(H,21,22). The Morgan fingerprint density at radius 2 is 1.91 bits per heavy atom. The number of benzene rings is 2. The molecule has 23 heavy (non-hydrogen) atoms. The van der Waals surface area contributed by atoms with Gasteiger partial charge in [0.1, 0.15) is 6.61 Å². The van der Waals surface area contributed by atoms with Crippen molar-refractivity contribution in [3.8, 4) is 5.75 Å². The second-order valence-electron chi connectivity index (χ2n) is 4.84. The first-order chi connectivity index (χ1) is 10.9. The molecule has 4 nitrogen and oxygen atoms in total. The molecule has 2 aromatic carbocycles. The number of halogens is 3. The average Bonchev–Trinajstić information content (AvgIpc) is 2.48. The highest BCUT2D eigenvalue weighted by molar-refractivity contribution is 6.42. The molecule has 0 aliphatic heterocycles. The molecule has 0 spiro atoms. The summed E-state index contributed by atoms with van der Waals surface area (Å²) >= 11 is 11.7. The maximum Gasteiger partial charge on any atom is 0.306 e. The number of hydrogen-bond acceptors (Lipinski definition) is 3. The highest BCUT2D eigenvalue weighted by Gasteiger charge is 2.14. The lowest BCUT2D eigenvalue weighted by Crippen LogP contribution is -2.06. The number of rotatable bonds is 6. The normalized spacial score (nSPS) is 12.0. The Morgan fingerprint density at radius 1 is 1.17 bits per heavy atom. The van der Waals surface area contributed by atoms with E-state index in [0.29, 0.717) is 15.6 Å². The number of aliphatic carboxylic acids is 1. The number of aliphatic hydroxyl groups excluding tert-OH is 1. The minimum atomic E-state index is -1.27. The highest BCUT2D eigenvalue weighted by atomic mass is 35.5. The van der Waals surface area contributed by atoms with E-state index in [1.165, 1.54) is 12.1 Å². The summed E-state index contributed by atoms with van der Waals surface area (Å²) in [5.41, 5.74) is 0.889. The largest absolute Gasteiger partial charge is 0.486 e. The van der Waals surface area contributed by atoms with Crippen LogP contribution in [0.4, 0.5) is 4.39 Å². The summed E-state index contributed by atoms with van der Waals surface area (Å²) in [5, 5.41) is 19.1. The van der Waals surface area contributed by atoms with Crippen LogP contribution in [0.15, 0.2) is 36.4 Å². The summed E-state index contributed by atoms with van der Waals surface area (Å²) in [6.07, 6.45) is -1.77. The first-order valence-corrected chi connectivity index (χ1v) is 7.38. The van der Waals surface area contributed by atoms with Crippen molar-refractivity contribution in [3.05, 3.63) is 63.4 Å². The van der Waals surface area contributed by atoms with Gasteiger partial charge in [-0.2, -0.15) is 0 Å². The van der Waals surface area contributed by atoms with Gasteiger partial charge in [0.05, 0.1) is 22.6 Å². The Hall–Kier alpha value is -1.82. The van der Waals surface area contributed by atoms with E-state index in [4.69, 9.17) is 33.0 Å². The van der Waals surface area contributed by atoms with E-state index in [1.807, 2.05) is 0 Å². The molecule has 1 atom stereocenters. The maximum absolute atomic E-state index is 14.0. The lowest BCUT2D eigenvalue weighted by molar-refractivity contribution is -0.139. The monoisotopic (exact) mass is 358 g/mol. The number of carboxylic acid groups (broad SMARTS) is 1. The van der Waals surface area contributed by atoms with Gasteiger partial charge in [-0.1, -0.05) is 35.3 Å². The van der Waals surface area contributed by atoms with Crippen LogP contribution in [0.25, 0.3) is 0 Å². The van der Waals surface area contributed by atoms with Gasteiger partial charge in [-0.3, -0.25) is 4.79 Å². The van der Waals surface area contributed by atoms with Crippen molar-refractivity contribution in [2.45, 2.75) is 19.1 Å². The second kappa shape index (κ2) is 7.64. The average molecular weight is 359 g/mol. The van der Waals surface area contributed by atoms with Crippen LogP contribution in [0.2, 0.25) is 10.0 Å². The van der Waals surface area contributed by atoms with Gasteiger partial charge in [0.25, 0.3) is 0 Å². The van der Waals surface area contributed by atoms with Gasteiger partial charge in [0.2, 0.25) is 0 Å². The molecule has 0 amide bonds. The van der Waals surface area contributed by atoms with Crippen molar-refractivity contribution in [1.82, 2.24) is 0 Å². The van der Waals surface area contributed by atoms with E-state index in [2.05, 4.69) is 0 Å². The number of aliphatic hydroxyl groups is 1. The van der Waals surface area contributed by atoms with Crippen molar-refractivity contribution >= 4 is 29.2 Å². The quantitative estimate of drug-likeness (QED) is 0.811. The van der Waals surface area contributed by atoms with E-state index < -0.39 is 24.3 Å². The molecule has 0 saturated heterocycles. The molecular formula is C16H13Cl2FO4. The van der Waals surface area contributed by atoms with Gasteiger partial charge in [-0.25, -0.2) is 4.39 Å². The van der Waals surface area contributed by atoms with E-state index in [-0.39, 0.29) is 17.9 Å². The molecule has 0 bridgehead atoms. The van der Waals surface area contributed by atoms with E-state index >= 15 is 0 Å². The molecule has 0 fully saturated rings. The van der Waals surface area contributed by atoms with Crippen molar-refractivity contribution in [2.75, 3.05) is 0 Å². The van der Waals surface area contributed by atoms with E-state index in [1.54, 1.807) is 18.2 Å². The molecule has 0 radical (unpaired) electrons. The minimum Gasteiger partial charge on any atom is -0.486 e. The molecule has 122 valence electrons. The van der Waals surface area contributed by atoms with Crippen LogP contribution >= 0.6 is 23.2 Å². The fraction of sp³-hybridized carbons (Fsp3) is 0.188. The number of carboxylic acids is 1. The summed E-state index contributed by atoms with van der Waals surface area (Å²) in [7, 11) is 0. The van der Waals surface area contributed by atoms with Gasteiger partial charge in [0.15, 0.2) is 11.6 Å². The minimum absolute atomic E-state index is 0.0117. The van der Waals surface area contributed by atoms with E-state index in [9.17, 15) is 14.3 Å². The molecule has 0 aromatic heterocycles. The Bertz CT molecular complexity index is 721. The molecule has 0 heterocycles. The highest BCUT2D eigenvalue weighted by Crippen LogP contribution is 2.26. The fourth-order valence-electron chi connectivity index (χ4n) is 1.92. The molecule has 0 aliphatic carbocycles. The Labute approximate surface area is 142 Å². The summed E-state index contributed by atoms with van der Waals surface area (Å²) in [6, 6.07) is 8.75. The van der Waals surface area contributed by atoms with E-state index in [0.717, 1.165) is 6.07 Å². The van der Waals surface area contributed by atoms with Crippen LogP contribution in [-0.4, -0.2) is 16.2 Å². The third-order valence-electron chi connectivity index (χ3n) is 3.09. The Kier molecular flexibility index (Phi) is 5.82. The predicted molar refractivity (Wildman–Crippen MR) is 84.4 cm³/mol. The first-order valence-electron chi connectivity index (χ1n) is 6.63. The second-order valence-corrected chi connectivity index (χ2v) is 5.66. The number of carbonyl (C=O) groups is 1. The summed E-state index contributed by atoms with van der Waals surface area (Å²) < 4.78 is 19.3. The van der Waals surface area contributed by atoms with Gasteiger partial charge < -0.3 is 14.9 Å². The van der Waals surface area contributed by atoms with Gasteiger partial charge in [0, 0.05) is 0 Å². The van der Waals surface area contributed by atoms with Crippen LogP contribution in [0.3, 0.4) is 0 Å². The molecule has 0 aliphatic rings. The Balaban J connectivity index is 2.06. The van der Waals surface area contributed by atoms with Crippen LogP contribution in [0.5, 0.6) is 5.75 Å². The zero-order valence-electron chi connectivity index (χ0n) is 11.8. The molecule has 0 saturated carbocycles. The van der Waals surface area contributed by atoms with Crippen LogP contribution in [-0.2, 0) is 11.4 Å². The third-order valence-corrected chi connectivity index (χ3v) is 3.83. The molecule has 2 aromatic rings. The van der Waals surface area contributed by atoms with Crippen LogP contribution in [0.1, 0.15) is 23.7 Å². The van der Waals surface area contributed by atoms with Crippen molar-refractivity contribution < 1.29 is 24.1 Å². The first kappa shape index (κ1) is 17.5. The lowest BCUT2D eigenvalue weighted by Gasteiger charge is -2.12.